The largest absolute Gasteiger partial charge is 0.348 e. The first-order valence-electron chi connectivity index (χ1n) is 12.5. The molecule has 0 saturated carbocycles. The Labute approximate surface area is 211 Å². The van der Waals surface area contributed by atoms with Crippen LogP contribution < -0.4 is 5.32 Å². The lowest BCUT2D eigenvalue weighted by Gasteiger charge is -2.32. The van der Waals surface area contributed by atoms with Crippen molar-refractivity contribution in [3.8, 4) is 11.3 Å². The summed E-state index contributed by atoms with van der Waals surface area (Å²) in [6.07, 6.45) is 1.77. The number of piperidine rings is 1. The molecule has 1 amide bonds. The molecular formula is C29H32FN5O. The van der Waals surface area contributed by atoms with Crippen molar-refractivity contribution in [2.24, 2.45) is 0 Å². The van der Waals surface area contributed by atoms with Gasteiger partial charge in [-0.15, -0.1) is 0 Å². The Morgan fingerprint density at radius 1 is 1.03 bits per heavy atom. The van der Waals surface area contributed by atoms with Gasteiger partial charge in [0.25, 0.3) is 5.91 Å². The molecule has 4 aromatic rings. The van der Waals surface area contributed by atoms with Crippen molar-refractivity contribution < 1.29 is 9.18 Å². The second-order valence-electron chi connectivity index (χ2n) is 10.6. The topological polar surface area (TPSA) is 62.5 Å². The van der Waals surface area contributed by atoms with E-state index in [1.165, 1.54) is 17.7 Å². The van der Waals surface area contributed by atoms with E-state index in [0.717, 1.165) is 38.2 Å². The highest BCUT2D eigenvalue weighted by Crippen LogP contribution is 2.27. The quantitative estimate of drug-likeness (QED) is 0.421. The number of aromatic nitrogens is 3. The molecule has 5 rings (SSSR count). The SMILES string of the molecule is CC(C)(C)c1cc2nc(C(=O)NC3CCN(Cc4ccccc4)CC3)cc(-c3cccc(F)c3)n2n1. The molecule has 7 heteroatoms. The number of hydrogen-bond donors (Lipinski definition) is 1. The fourth-order valence-corrected chi connectivity index (χ4v) is 4.65. The number of carbonyl (C=O) groups excluding carboxylic acids is 1. The third kappa shape index (κ3) is 5.31. The summed E-state index contributed by atoms with van der Waals surface area (Å²) in [6, 6.07) is 20.5. The number of rotatable bonds is 5. The Hall–Kier alpha value is -3.58. The fraction of sp³-hybridized carbons (Fsp3) is 0.345. The van der Waals surface area contributed by atoms with Crippen molar-refractivity contribution >= 4 is 11.6 Å². The number of carbonyl (C=O) groups is 1. The van der Waals surface area contributed by atoms with Crippen LogP contribution in [0.15, 0.2) is 66.7 Å². The minimum atomic E-state index is -0.339. The summed E-state index contributed by atoms with van der Waals surface area (Å²) in [7, 11) is 0. The Balaban J connectivity index is 1.36. The van der Waals surface area contributed by atoms with E-state index in [4.69, 9.17) is 5.10 Å². The second-order valence-corrected chi connectivity index (χ2v) is 10.6. The smallest absolute Gasteiger partial charge is 0.270 e. The summed E-state index contributed by atoms with van der Waals surface area (Å²) < 4.78 is 15.8. The first-order chi connectivity index (χ1) is 17.3. The monoisotopic (exact) mass is 485 g/mol. The summed E-state index contributed by atoms with van der Waals surface area (Å²) >= 11 is 0. The summed E-state index contributed by atoms with van der Waals surface area (Å²) in [6.45, 7) is 9.02. The minimum absolute atomic E-state index is 0.0928. The fourth-order valence-electron chi connectivity index (χ4n) is 4.65. The lowest BCUT2D eigenvalue weighted by Crippen LogP contribution is -2.44. The van der Waals surface area contributed by atoms with Crippen molar-refractivity contribution in [3.05, 3.63) is 89.5 Å². The van der Waals surface area contributed by atoms with Gasteiger partial charge in [-0.3, -0.25) is 9.69 Å². The highest BCUT2D eigenvalue weighted by Gasteiger charge is 2.24. The van der Waals surface area contributed by atoms with Crippen molar-refractivity contribution in [1.82, 2.24) is 24.8 Å². The van der Waals surface area contributed by atoms with Crippen molar-refractivity contribution in [2.45, 2.75) is 51.6 Å². The van der Waals surface area contributed by atoms with Gasteiger partial charge in [-0.25, -0.2) is 13.9 Å². The highest BCUT2D eigenvalue weighted by atomic mass is 19.1. The molecule has 0 atom stereocenters. The second kappa shape index (κ2) is 9.82. The number of hydrogen-bond acceptors (Lipinski definition) is 4. The number of nitrogens with zero attached hydrogens (tertiary/aromatic N) is 4. The number of amides is 1. The first kappa shape index (κ1) is 24.1. The van der Waals surface area contributed by atoms with E-state index < -0.39 is 0 Å². The molecular weight excluding hydrogens is 453 g/mol. The van der Waals surface area contributed by atoms with Crippen LogP contribution >= 0.6 is 0 Å². The van der Waals surface area contributed by atoms with Crippen LogP contribution in [0.25, 0.3) is 16.9 Å². The summed E-state index contributed by atoms with van der Waals surface area (Å²) in [5.74, 6) is -0.552. The first-order valence-corrected chi connectivity index (χ1v) is 12.5. The molecule has 36 heavy (non-hydrogen) atoms. The van der Waals surface area contributed by atoms with Crippen LogP contribution in [0.3, 0.4) is 0 Å². The van der Waals surface area contributed by atoms with E-state index in [2.05, 4.69) is 60.2 Å². The van der Waals surface area contributed by atoms with Crippen LogP contribution in [0.2, 0.25) is 0 Å². The van der Waals surface area contributed by atoms with Gasteiger partial charge in [0.2, 0.25) is 0 Å². The molecule has 2 aromatic heterocycles. The van der Waals surface area contributed by atoms with E-state index in [0.29, 0.717) is 22.6 Å². The van der Waals surface area contributed by atoms with Gasteiger partial charge in [0.1, 0.15) is 11.5 Å². The molecule has 186 valence electrons. The van der Waals surface area contributed by atoms with Gasteiger partial charge in [-0.2, -0.15) is 5.10 Å². The molecule has 0 unspecified atom stereocenters. The zero-order chi connectivity index (χ0) is 25.3. The third-order valence-electron chi connectivity index (χ3n) is 6.72. The molecule has 2 aromatic carbocycles. The maximum atomic E-state index is 14.1. The average molecular weight is 486 g/mol. The van der Waals surface area contributed by atoms with Crippen LogP contribution in [-0.4, -0.2) is 44.5 Å². The van der Waals surface area contributed by atoms with E-state index in [9.17, 15) is 9.18 Å². The summed E-state index contributed by atoms with van der Waals surface area (Å²) in [5.41, 5.74) is 4.14. The van der Waals surface area contributed by atoms with Crippen molar-refractivity contribution in [3.63, 3.8) is 0 Å². The number of nitrogens with one attached hydrogen (secondary N) is 1. The minimum Gasteiger partial charge on any atom is -0.348 e. The Bertz CT molecular complexity index is 1370. The maximum Gasteiger partial charge on any atom is 0.270 e. The van der Waals surface area contributed by atoms with E-state index in [1.54, 1.807) is 16.6 Å². The van der Waals surface area contributed by atoms with Gasteiger partial charge < -0.3 is 5.32 Å². The van der Waals surface area contributed by atoms with E-state index >= 15 is 0 Å². The number of fused-ring (bicyclic) bond motifs is 1. The number of halogens is 1. The van der Waals surface area contributed by atoms with Crippen LogP contribution in [0, 0.1) is 5.82 Å². The lowest BCUT2D eigenvalue weighted by molar-refractivity contribution is 0.0904. The Morgan fingerprint density at radius 2 is 1.78 bits per heavy atom. The molecule has 0 aliphatic carbocycles. The molecule has 0 bridgehead atoms. The van der Waals surface area contributed by atoms with Gasteiger partial charge in [0.05, 0.1) is 11.4 Å². The highest BCUT2D eigenvalue weighted by molar-refractivity contribution is 5.94. The molecule has 6 nitrogen and oxygen atoms in total. The van der Waals surface area contributed by atoms with Crippen molar-refractivity contribution in [2.75, 3.05) is 13.1 Å². The number of benzene rings is 2. The molecule has 0 radical (unpaired) electrons. The molecule has 1 aliphatic heterocycles. The van der Waals surface area contributed by atoms with Crippen LogP contribution in [0.5, 0.6) is 0 Å². The number of likely N-dealkylation sites (tertiary alicyclic amines) is 1. The van der Waals surface area contributed by atoms with Gasteiger partial charge >= 0.3 is 0 Å². The molecule has 1 fully saturated rings. The summed E-state index contributed by atoms with van der Waals surface area (Å²) in [4.78, 5) is 20.4. The average Bonchev–Trinajstić information content (AvgIpc) is 3.30. The van der Waals surface area contributed by atoms with Gasteiger partial charge in [-0.1, -0.05) is 63.2 Å². The summed E-state index contributed by atoms with van der Waals surface area (Å²) in [5, 5.41) is 7.92. The Morgan fingerprint density at radius 3 is 2.47 bits per heavy atom. The predicted molar refractivity (Wildman–Crippen MR) is 139 cm³/mol. The predicted octanol–water partition coefficient (Wildman–Crippen LogP) is 5.23. The zero-order valence-electron chi connectivity index (χ0n) is 21.0. The van der Waals surface area contributed by atoms with Gasteiger partial charge in [0, 0.05) is 42.7 Å². The van der Waals surface area contributed by atoms with E-state index in [-0.39, 0.29) is 23.2 Å². The third-order valence-corrected chi connectivity index (χ3v) is 6.72. The van der Waals surface area contributed by atoms with Crippen LogP contribution in [-0.2, 0) is 12.0 Å². The van der Waals surface area contributed by atoms with E-state index in [1.807, 2.05) is 18.2 Å². The standard InChI is InChI=1S/C29H32FN5O/c1-29(2,3)26-18-27-32-24(17-25(35(27)33-26)21-10-7-11-22(30)16-21)28(36)31-23-12-14-34(15-13-23)19-20-8-5-4-6-9-20/h4-11,16-18,23H,12-15,19H2,1-3H3,(H,31,36). The molecule has 1 saturated heterocycles. The van der Waals surface area contributed by atoms with Crippen LogP contribution in [0.4, 0.5) is 4.39 Å². The Kier molecular flexibility index (Phi) is 6.58. The molecule has 1 aliphatic rings. The normalized spacial score (nSPS) is 15.3. The zero-order valence-corrected chi connectivity index (χ0v) is 21.0. The van der Waals surface area contributed by atoms with Gasteiger partial charge in [-0.05, 0) is 36.6 Å². The lowest BCUT2D eigenvalue weighted by atomic mass is 9.93. The maximum absolute atomic E-state index is 14.1. The van der Waals surface area contributed by atoms with Gasteiger partial charge in [0.15, 0.2) is 5.65 Å². The van der Waals surface area contributed by atoms with Crippen molar-refractivity contribution in [1.29, 1.82) is 0 Å². The van der Waals surface area contributed by atoms with Crippen LogP contribution in [0.1, 0.15) is 55.4 Å². The molecule has 1 N–H and O–H groups in total. The molecule has 3 heterocycles. The molecule has 0 spiro atoms.